The van der Waals surface area contributed by atoms with E-state index in [0.717, 1.165) is 10.6 Å². The van der Waals surface area contributed by atoms with Crippen LogP contribution < -0.4 is 0 Å². The van der Waals surface area contributed by atoms with E-state index in [1.165, 1.54) is 23.5 Å². The Balaban J connectivity index is 2.46. The zero-order valence-electron chi connectivity index (χ0n) is 6.50. The van der Waals surface area contributed by atoms with Gasteiger partial charge in [-0.05, 0) is 12.1 Å². The first kappa shape index (κ1) is 8.66. The molecule has 0 bridgehead atoms. The van der Waals surface area contributed by atoms with Gasteiger partial charge >= 0.3 is 0 Å². The highest BCUT2D eigenvalue weighted by molar-refractivity contribution is 7.18. The van der Waals surface area contributed by atoms with Crippen LogP contribution in [0.15, 0.2) is 30.5 Å². The molecule has 0 atom stereocenters. The lowest BCUT2D eigenvalue weighted by atomic mass is 10.2. The van der Waals surface area contributed by atoms with Crippen molar-refractivity contribution in [3.63, 3.8) is 0 Å². The highest BCUT2D eigenvalue weighted by atomic mass is 35.5. The maximum absolute atomic E-state index is 12.8. The van der Waals surface area contributed by atoms with E-state index in [0.29, 0.717) is 4.34 Å². The Morgan fingerprint density at radius 2 is 2.23 bits per heavy atom. The summed E-state index contributed by atoms with van der Waals surface area (Å²) in [5.41, 5.74) is 0.761. The van der Waals surface area contributed by atoms with E-state index >= 15 is 0 Å². The molecule has 0 amide bonds. The molecule has 2 aromatic rings. The fourth-order valence-electron chi connectivity index (χ4n) is 1.01. The molecule has 0 saturated carbocycles. The van der Waals surface area contributed by atoms with Crippen molar-refractivity contribution < 1.29 is 4.39 Å². The standard InChI is InChI=1S/C9H5ClFNS/c10-8-5-12-9(13-8)6-2-1-3-7(11)4-6/h1-5H. The number of hydrogen-bond donors (Lipinski definition) is 0. The van der Waals surface area contributed by atoms with Gasteiger partial charge in [0.05, 0.1) is 6.20 Å². The largest absolute Gasteiger partial charge is 0.243 e. The molecule has 13 heavy (non-hydrogen) atoms. The predicted molar refractivity (Wildman–Crippen MR) is 52.5 cm³/mol. The molecule has 1 nitrogen and oxygen atoms in total. The van der Waals surface area contributed by atoms with Gasteiger partial charge in [0, 0.05) is 5.56 Å². The molecule has 0 spiro atoms. The molecule has 0 aliphatic rings. The SMILES string of the molecule is Fc1cccc(-c2ncc(Cl)s2)c1. The van der Waals surface area contributed by atoms with Crippen molar-refractivity contribution in [3.8, 4) is 10.6 Å². The van der Waals surface area contributed by atoms with Gasteiger partial charge in [0.2, 0.25) is 0 Å². The minimum atomic E-state index is -0.260. The second kappa shape index (κ2) is 3.44. The summed E-state index contributed by atoms with van der Waals surface area (Å²) in [5.74, 6) is -0.260. The van der Waals surface area contributed by atoms with Crippen molar-refractivity contribution >= 4 is 22.9 Å². The van der Waals surface area contributed by atoms with Crippen LogP contribution >= 0.6 is 22.9 Å². The Labute approximate surface area is 83.8 Å². The van der Waals surface area contributed by atoms with Crippen LogP contribution in [0, 0.1) is 5.82 Å². The smallest absolute Gasteiger partial charge is 0.124 e. The zero-order chi connectivity index (χ0) is 9.26. The van der Waals surface area contributed by atoms with Crippen molar-refractivity contribution in [2.45, 2.75) is 0 Å². The van der Waals surface area contributed by atoms with Gasteiger partial charge in [0.25, 0.3) is 0 Å². The molecule has 0 aliphatic heterocycles. The molecule has 0 N–H and O–H groups in total. The quantitative estimate of drug-likeness (QED) is 0.705. The molecule has 4 heteroatoms. The van der Waals surface area contributed by atoms with Crippen molar-refractivity contribution in [2.75, 3.05) is 0 Å². The summed E-state index contributed by atoms with van der Waals surface area (Å²) < 4.78 is 13.4. The van der Waals surface area contributed by atoms with E-state index in [4.69, 9.17) is 11.6 Å². The number of halogens is 2. The Bertz CT molecular complexity index is 427. The van der Waals surface area contributed by atoms with Crippen LogP contribution in [0.5, 0.6) is 0 Å². The molecular formula is C9H5ClFNS. The van der Waals surface area contributed by atoms with Crippen molar-refractivity contribution in [1.82, 2.24) is 4.98 Å². The first-order valence-corrected chi connectivity index (χ1v) is 4.82. The number of nitrogens with zero attached hydrogens (tertiary/aromatic N) is 1. The molecule has 1 aromatic heterocycles. The maximum atomic E-state index is 12.8. The second-order valence-corrected chi connectivity index (χ2v) is 4.14. The van der Waals surface area contributed by atoms with Crippen LogP contribution in [-0.2, 0) is 0 Å². The van der Waals surface area contributed by atoms with Crippen molar-refractivity contribution in [1.29, 1.82) is 0 Å². The fourth-order valence-corrected chi connectivity index (χ4v) is 1.92. The van der Waals surface area contributed by atoms with Gasteiger partial charge < -0.3 is 0 Å². The molecule has 2 rings (SSSR count). The lowest BCUT2D eigenvalue weighted by molar-refractivity contribution is 0.628. The summed E-state index contributed by atoms with van der Waals surface area (Å²) in [6, 6.07) is 6.30. The first-order valence-electron chi connectivity index (χ1n) is 3.63. The van der Waals surface area contributed by atoms with E-state index in [2.05, 4.69) is 4.98 Å². The third kappa shape index (κ3) is 1.87. The Morgan fingerprint density at radius 3 is 2.85 bits per heavy atom. The first-order chi connectivity index (χ1) is 6.25. The summed E-state index contributed by atoms with van der Waals surface area (Å²) >= 11 is 7.05. The van der Waals surface area contributed by atoms with Gasteiger partial charge in [-0.2, -0.15) is 0 Å². The summed E-state index contributed by atoms with van der Waals surface area (Å²) in [7, 11) is 0. The average Bonchev–Trinajstić information content (AvgIpc) is 2.52. The van der Waals surface area contributed by atoms with Gasteiger partial charge in [-0.3, -0.25) is 0 Å². The van der Waals surface area contributed by atoms with E-state index in [-0.39, 0.29) is 5.82 Å². The maximum Gasteiger partial charge on any atom is 0.124 e. The lowest BCUT2D eigenvalue weighted by Crippen LogP contribution is -1.77. The third-order valence-corrected chi connectivity index (χ3v) is 2.71. The van der Waals surface area contributed by atoms with Gasteiger partial charge in [-0.15, -0.1) is 11.3 Å². The van der Waals surface area contributed by atoms with Crippen LogP contribution in [0.3, 0.4) is 0 Å². The molecule has 0 aliphatic carbocycles. The summed E-state index contributed by atoms with van der Waals surface area (Å²) in [5, 5.41) is 0.740. The molecule has 0 unspecified atom stereocenters. The van der Waals surface area contributed by atoms with E-state index in [9.17, 15) is 4.39 Å². The number of thiazole rings is 1. The van der Waals surface area contributed by atoms with Crippen LogP contribution in [0.2, 0.25) is 4.34 Å². The van der Waals surface area contributed by atoms with Crippen LogP contribution in [0.25, 0.3) is 10.6 Å². The lowest BCUT2D eigenvalue weighted by Gasteiger charge is -1.94. The summed E-state index contributed by atoms with van der Waals surface area (Å²) in [6.45, 7) is 0. The van der Waals surface area contributed by atoms with Gasteiger partial charge in [-0.25, -0.2) is 9.37 Å². The number of aromatic nitrogens is 1. The van der Waals surface area contributed by atoms with Crippen LogP contribution in [0.1, 0.15) is 0 Å². The summed E-state index contributed by atoms with van der Waals surface area (Å²) in [4.78, 5) is 4.05. The Hall–Kier alpha value is -0.930. The predicted octanol–water partition coefficient (Wildman–Crippen LogP) is 3.60. The van der Waals surface area contributed by atoms with Gasteiger partial charge in [0.15, 0.2) is 0 Å². The molecule has 0 radical (unpaired) electrons. The van der Waals surface area contributed by atoms with E-state index in [1.807, 2.05) is 0 Å². The van der Waals surface area contributed by atoms with Crippen LogP contribution in [-0.4, -0.2) is 4.98 Å². The normalized spacial score (nSPS) is 10.3. The molecule has 66 valence electrons. The summed E-state index contributed by atoms with van der Waals surface area (Å²) in [6.07, 6.45) is 1.56. The van der Waals surface area contributed by atoms with Crippen molar-refractivity contribution in [2.24, 2.45) is 0 Å². The molecular weight excluding hydrogens is 209 g/mol. The number of hydrogen-bond acceptors (Lipinski definition) is 2. The van der Waals surface area contributed by atoms with Crippen molar-refractivity contribution in [3.05, 3.63) is 40.6 Å². The molecule has 0 saturated heterocycles. The number of rotatable bonds is 1. The molecule has 1 heterocycles. The highest BCUT2D eigenvalue weighted by Crippen LogP contribution is 2.28. The number of benzene rings is 1. The van der Waals surface area contributed by atoms with E-state index < -0.39 is 0 Å². The second-order valence-electron chi connectivity index (χ2n) is 2.48. The zero-order valence-corrected chi connectivity index (χ0v) is 8.07. The Morgan fingerprint density at radius 1 is 1.38 bits per heavy atom. The van der Waals surface area contributed by atoms with Crippen LogP contribution in [0.4, 0.5) is 4.39 Å². The molecule has 0 fully saturated rings. The van der Waals surface area contributed by atoms with Gasteiger partial charge in [0.1, 0.15) is 15.2 Å². The molecule has 1 aromatic carbocycles. The van der Waals surface area contributed by atoms with Gasteiger partial charge in [-0.1, -0.05) is 23.7 Å². The minimum absolute atomic E-state index is 0.260. The fraction of sp³-hybridized carbons (Fsp3) is 0. The third-order valence-electron chi connectivity index (χ3n) is 1.55. The average molecular weight is 214 g/mol. The topological polar surface area (TPSA) is 12.9 Å². The minimum Gasteiger partial charge on any atom is -0.243 e. The Kier molecular flexibility index (Phi) is 2.29. The van der Waals surface area contributed by atoms with E-state index in [1.54, 1.807) is 18.3 Å². The highest BCUT2D eigenvalue weighted by Gasteiger charge is 2.03. The monoisotopic (exact) mass is 213 g/mol.